The Bertz CT molecular complexity index is 1290. The van der Waals surface area contributed by atoms with Crippen molar-refractivity contribution in [1.82, 2.24) is 15.1 Å². The molecular formula is C42H79N3O12. The van der Waals surface area contributed by atoms with E-state index in [0.717, 1.165) is 25.9 Å². The Labute approximate surface area is 342 Å². The number of nitrogens with one attached hydrogen (secondary N) is 1. The Hall–Kier alpha value is -1.05. The molecule has 0 bridgehead atoms. The minimum absolute atomic E-state index is 0.122. The highest BCUT2D eigenvalue weighted by molar-refractivity contribution is 5.73. The second kappa shape index (κ2) is 19.3. The molecule has 4 rings (SSSR count). The number of likely N-dealkylation sites (tertiary alicyclic amines) is 1. The van der Waals surface area contributed by atoms with Gasteiger partial charge in [0.1, 0.15) is 35.1 Å². The predicted octanol–water partition coefficient (Wildman–Crippen LogP) is 2.02. The van der Waals surface area contributed by atoms with Gasteiger partial charge in [0.05, 0.1) is 35.9 Å². The minimum atomic E-state index is -1.81. The highest BCUT2D eigenvalue weighted by Crippen LogP contribution is 2.44. The first kappa shape index (κ1) is 48.6. The number of aliphatic hydroxyl groups is 5. The van der Waals surface area contributed by atoms with E-state index in [9.17, 15) is 30.3 Å². The van der Waals surface area contributed by atoms with Crippen molar-refractivity contribution in [3.05, 3.63) is 0 Å². The number of aliphatic hydroxyl groups excluding tert-OH is 2. The maximum absolute atomic E-state index is 14.4. The lowest BCUT2D eigenvalue weighted by molar-refractivity contribution is -0.339. The molecule has 4 heterocycles. The van der Waals surface area contributed by atoms with Crippen LogP contribution in [0.5, 0.6) is 0 Å². The van der Waals surface area contributed by atoms with Gasteiger partial charge in [-0.3, -0.25) is 4.79 Å². The van der Waals surface area contributed by atoms with Crippen LogP contribution in [0.4, 0.5) is 0 Å². The number of esters is 1. The number of methoxy groups -OCH3 is 1. The summed E-state index contributed by atoms with van der Waals surface area (Å²) >= 11 is 0. The van der Waals surface area contributed by atoms with Gasteiger partial charge in [-0.05, 0) is 120 Å². The van der Waals surface area contributed by atoms with E-state index in [-0.39, 0.29) is 37.3 Å². The van der Waals surface area contributed by atoms with Crippen LogP contribution in [-0.2, 0) is 33.2 Å². The van der Waals surface area contributed by atoms with Crippen LogP contribution in [0, 0.1) is 17.8 Å². The maximum Gasteiger partial charge on any atom is 0.311 e. The number of cyclic esters (lactones) is 1. The highest BCUT2D eigenvalue weighted by Gasteiger charge is 2.59. The molecule has 4 fully saturated rings. The molecule has 18 atom stereocenters. The normalized spacial score (nSPS) is 49.0. The van der Waals surface area contributed by atoms with Crippen LogP contribution >= 0.6 is 0 Å². The molecule has 0 aromatic carbocycles. The number of carbonyl (C=O) groups excluding carboxylic acids is 1. The fourth-order valence-corrected chi connectivity index (χ4v) is 10.00. The van der Waals surface area contributed by atoms with Crippen LogP contribution in [0.15, 0.2) is 0 Å². The quantitative estimate of drug-likeness (QED) is 0.185. The van der Waals surface area contributed by atoms with Gasteiger partial charge in [0.2, 0.25) is 0 Å². The van der Waals surface area contributed by atoms with Crippen molar-refractivity contribution in [2.75, 3.05) is 47.4 Å². The molecule has 0 amide bonds. The molecule has 0 radical (unpaired) electrons. The zero-order valence-electron chi connectivity index (χ0n) is 37.1. The van der Waals surface area contributed by atoms with Crippen molar-refractivity contribution in [2.24, 2.45) is 17.8 Å². The summed E-state index contributed by atoms with van der Waals surface area (Å²) in [5.74, 6) is -2.64. The number of rotatable bonds is 9. The summed E-state index contributed by atoms with van der Waals surface area (Å²) in [5, 5.41) is 62.9. The number of hydrogen-bond donors (Lipinski definition) is 6. The summed E-state index contributed by atoms with van der Waals surface area (Å²) in [6.07, 6.45) is -5.34. The third kappa shape index (κ3) is 10.7. The Morgan fingerprint density at radius 3 is 2.16 bits per heavy atom. The standard InChI is InChI=1S/C42H79N3O12/c1-14-31-41(10,50)35(47)28(6)43-22-24(2)20-39(8,49)36(57-38-33(46)30(44(11)12)19-25(3)53-38)26(4)34(27(5)37(48)55-31)56-32-21-40(9,52-13)42(51,29(7)54-32)23-45-17-15-16-18-45/h24-36,38,43,46-47,49-51H,14-23H2,1-13H3/t24-,25-,26+,27-,28-,29+,30+,31-,32+,33-,34+,35-,36-,38+,39+,40-,41-,42-/m1/s1. The van der Waals surface area contributed by atoms with E-state index in [0.29, 0.717) is 19.5 Å². The number of ether oxygens (including phenoxy) is 6. The first-order valence-electron chi connectivity index (χ1n) is 21.4. The average molecular weight is 818 g/mol. The molecular weight excluding hydrogens is 738 g/mol. The van der Waals surface area contributed by atoms with Crippen LogP contribution in [0.25, 0.3) is 0 Å². The molecule has 15 heteroatoms. The molecule has 0 unspecified atom stereocenters. The molecule has 0 saturated carbocycles. The molecule has 0 aliphatic carbocycles. The summed E-state index contributed by atoms with van der Waals surface area (Å²) in [7, 11) is 5.35. The smallest absolute Gasteiger partial charge is 0.311 e. The number of likely N-dealkylation sites (N-methyl/N-ethyl adjacent to an activating group) is 1. The lowest BCUT2D eigenvalue weighted by Gasteiger charge is -2.54. The van der Waals surface area contributed by atoms with E-state index in [1.54, 1.807) is 41.7 Å². The van der Waals surface area contributed by atoms with Crippen molar-refractivity contribution >= 4 is 5.97 Å². The van der Waals surface area contributed by atoms with Crippen molar-refractivity contribution in [3.63, 3.8) is 0 Å². The maximum atomic E-state index is 14.4. The van der Waals surface area contributed by atoms with E-state index < -0.39 is 95.5 Å². The van der Waals surface area contributed by atoms with Crippen molar-refractivity contribution in [2.45, 2.75) is 198 Å². The molecule has 4 saturated heterocycles. The molecule has 334 valence electrons. The molecule has 4 aliphatic rings. The monoisotopic (exact) mass is 818 g/mol. The summed E-state index contributed by atoms with van der Waals surface area (Å²) in [4.78, 5) is 18.5. The molecule has 4 aliphatic heterocycles. The molecule has 6 N–H and O–H groups in total. The van der Waals surface area contributed by atoms with Crippen molar-refractivity contribution < 1.29 is 58.7 Å². The van der Waals surface area contributed by atoms with Crippen LogP contribution in [0.3, 0.4) is 0 Å². The SMILES string of the molecule is CC[C@H]1OC(=O)[C@H](C)[C@@H](O[C@H]2C[C@@](C)(OC)[C@@](O)(CN3CCCC3)[C@H](C)O2)[C@H](C)[C@@H](O[C@@H]2O[C@H](C)C[C@H](N(C)C)[C@H]2O)[C@@](C)(O)C[C@@H](C)CN[C@H](C)[C@@H](O)[C@]1(C)O. The van der Waals surface area contributed by atoms with Crippen molar-refractivity contribution in [3.8, 4) is 0 Å². The van der Waals surface area contributed by atoms with Crippen molar-refractivity contribution in [1.29, 1.82) is 0 Å². The minimum Gasteiger partial charge on any atom is -0.459 e. The van der Waals surface area contributed by atoms with Gasteiger partial charge < -0.3 is 69.1 Å². The fourth-order valence-electron chi connectivity index (χ4n) is 10.00. The number of carbonyl (C=O) groups is 1. The molecule has 0 spiro atoms. The van der Waals surface area contributed by atoms with Gasteiger partial charge >= 0.3 is 5.97 Å². The molecule has 0 aromatic rings. The second-order valence-electron chi connectivity index (χ2n) is 19.0. The lowest BCUT2D eigenvalue weighted by Crippen LogP contribution is -2.70. The number of β-amino-alcohol motifs (C(OH)–C–C–N with tert-alkyl or cyclic N) is 1. The van der Waals surface area contributed by atoms with Gasteiger partial charge in [-0.15, -0.1) is 0 Å². The highest BCUT2D eigenvalue weighted by atomic mass is 16.7. The van der Waals surface area contributed by atoms with Crippen LogP contribution in [0.2, 0.25) is 0 Å². The lowest BCUT2D eigenvalue weighted by atomic mass is 9.75. The topological polar surface area (TPSA) is 192 Å². The predicted molar refractivity (Wildman–Crippen MR) is 214 cm³/mol. The van der Waals surface area contributed by atoms with Crippen LogP contribution in [-0.4, -0.2) is 178 Å². The molecule has 0 aromatic heterocycles. The van der Waals surface area contributed by atoms with Gasteiger partial charge in [-0.2, -0.15) is 0 Å². The number of hydrogen-bond acceptors (Lipinski definition) is 15. The summed E-state index contributed by atoms with van der Waals surface area (Å²) in [5.41, 5.74) is -5.87. The summed E-state index contributed by atoms with van der Waals surface area (Å²) in [6, 6.07) is -0.871. The second-order valence-corrected chi connectivity index (χ2v) is 19.0. The van der Waals surface area contributed by atoms with Gasteiger partial charge in [0, 0.05) is 38.1 Å². The number of nitrogens with zero attached hydrogens (tertiary/aromatic N) is 2. The third-order valence-corrected chi connectivity index (χ3v) is 13.9. The van der Waals surface area contributed by atoms with E-state index in [4.69, 9.17) is 28.4 Å². The molecule has 15 nitrogen and oxygen atoms in total. The Morgan fingerprint density at radius 1 is 0.947 bits per heavy atom. The van der Waals surface area contributed by atoms with Crippen LogP contribution < -0.4 is 5.32 Å². The van der Waals surface area contributed by atoms with Gasteiger partial charge in [-0.1, -0.05) is 20.8 Å². The summed E-state index contributed by atoms with van der Waals surface area (Å²) < 4.78 is 38.6. The molecule has 57 heavy (non-hydrogen) atoms. The third-order valence-electron chi connectivity index (χ3n) is 13.9. The summed E-state index contributed by atoms with van der Waals surface area (Å²) in [6.45, 7) is 20.2. The zero-order chi connectivity index (χ0) is 42.8. The van der Waals surface area contributed by atoms with Gasteiger partial charge in [0.25, 0.3) is 0 Å². The van der Waals surface area contributed by atoms with E-state index in [1.165, 1.54) is 6.92 Å². The zero-order valence-corrected chi connectivity index (χ0v) is 37.1. The Kier molecular flexibility index (Phi) is 16.5. The first-order valence-corrected chi connectivity index (χ1v) is 21.4. The largest absolute Gasteiger partial charge is 0.459 e. The van der Waals surface area contributed by atoms with Gasteiger partial charge in [-0.25, -0.2) is 0 Å². The van der Waals surface area contributed by atoms with E-state index >= 15 is 0 Å². The fraction of sp³-hybridized carbons (Fsp3) is 0.976. The Morgan fingerprint density at radius 2 is 1.58 bits per heavy atom. The van der Waals surface area contributed by atoms with E-state index in [2.05, 4.69) is 10.2 Å². The first-order chi connectivity index (χ1) is 26.4. The van der Waals surface area contributed by atoms with Crippen LogP contribution in [0.1, 0.15) is 108 Å². The Balaban J connectivity index is 1.79. The van der Waals surface area contributed by atoms with Gasteiger partial charge in [0.15, 0.2) is 12.6 Å². The average Bonchev–Trinajstić information content (AvgIpc) is 3.65. The van der Waals surface area contributed by atoms with E-state index in [1.807, 2.05) is 46.7 Å².